The van der Waals surface area contributed by atoms with Crippen molar-refractivity contribution in [2.24, 2.45) is 5.92 Å². The van der Waals surface area contributed by atoms with Gasteiger partial charge < -0.3 is 15.3 Å². The number of hydrogen-bond acceptors (Lipinski definition) is 3. The molecule has 2 fully saturated rings. The van der Waals surface area contributed by atoms with Crippen LogP contribution in [0.25, 0.3) is 0 Å². The van der Waals surface area contributed by atoms with Crippen molar-refractivity contribution in [3.63, 3.8) is 0 Å². The molecule has 0 aliphatic heterocycles. The number of rotatable bonds is 6. The van der Waals surface area contributed by atoms with Crippen LogP contribution >= 0.6 is 0 Å². The molecule has 0 spiro atoms. The first-order chi connectivity index (χ1) is 8.60. The third-order valence-electron chi connectivity index (χ3n) is 5.18. The maximum atomic E-state index is 11.5. The molecule has 0 bridgehead atoms. The van der Waals surface area contributed by atoms with E-state index in [0.29, 0.717) is 0 Å². The lowest BCUT2D eigenvalue weighted by Crippen LogP contribution is -2.53. The van der Waals surface area contributed by atoms with Gasteiger partial charge in [0.2, 0.25) is 0 Å². The van der Waals surface area contributed by atoms with Gasteiger partial charge in [0.15, 0.2) is 0 Å². The number of nitrogens with one attached hydrogen (secondary N) is 1. The molecule has 0 aromatic heterocycles. The van der Waals surface area contributed by atoms with E-state index in [2.05, 4.69) is 17.3 Å². The van der Waals surface area contributed by atoms with E-state index in [9.17, 15) is 9.90 Å². The van der Waals surface area contributed by atoms with Crippen LogP contribution in [0.5, 0.6) is 0 Å². The minimum atomic E-state index is -0.668. The molecular formula is C14H26N2O2. The van der Waals surface area contributed by atoms with Gasteiger partial charge in [0, 0.05) is 6.04 Å². The second kappa shape index (κ2) is 5.57. The Balaban J connectivity index is 1.89. The van der Waals surface area contributed by atoms with Gasteiger partial charge in [-0.2, -0.15) is 0 Å². The van der Waals surface area contributed by atoms with E-state index in [4.69, 9.17) is 0 Å². The van der Waals surface area contributed by atoms with E-state index in [1.54, 1.807) is 7.05 Å². The van der Waals surface area contributed by atoms with Crippen molar-refractivity contribution in [2.45, 2.75) is 56.5 Å². The highest BCUT2D eigenvalue weighted by atomic mass is 16.4. The molecule has 2 rings (SSSR count). The normalized spacial score (nSPS) is 32.7. The molecule has 0 aromatic rings. The molecule has 0 aromatic carbocycles. The second-order valence-electron chi connectivity index (χ2n) is 5.97. The van der Waals surface area contributed by atoms with Crippen LogP contribution in [0.2, 0.25) is 0 Å². The smallest absolute Gasteiger partial charge is 0.324 e. The quantitative estimate of drug-likeness (QED) is 0.757. The lowest BCUT2D eigenvalue weighted by molar-refractivity contribution is -0.146. The molecule has 2 N–H and O–H groups in total. The van der Waals surface area contributed by atoms with Crippen LogP contribution < -0.4 is 5.32 Å². The summed E-state index contributed by atoms with van der Waals surface area (Å²) in [5.41, 5.74) is -0.666. The van der Waals surface area contributed by atoms with E-state index in [1.807, 2.05) is 0 Å². The summed E-state index contributed by atoms with van der Waals surface area (Å²) in [6.07, 6.45) is 7.84. The molecule has 2 saturated carbocycles. The Hall–Kier alpha value is -0.610. The van der Waals surface area contributed by atoms with Gasteiger partial charge in [-0.3, -0.25) is 4.79 Å². The second-order valence-corrected chi connectivity index (χ2v) is 5.97. The van der Waals surface area contributed by atoms with Gasteiger partial charge in [0.1, 0.15) is 5.54 Å². The summed E-state index contributed by atoms with van der Waals surface area (Å²) in [6.45, 7) is 1.03. The predicted molar refractivity (Wildman–Crippen MR) is 71.7 cm³/mol. The monoisotopic (exact) mass is 254 g/mol. The van der Waals surface area contributed by atoms with E-state index < -0.39 is 11.5 Å². The van der Waals surface area contributed by atoms with Gasteiger partial charge in [0.25, 0.3) is 0 Å². The van der Waals surface area contributed by atoms with Crippen LogP contribution in [0.3, 0.4) is 0 Å². The number of carboxylic acid groups (broad SMARTS) is 1. The maximum absolute atomic E-state index is 11.5. The zero-order valence-corrected chi connectivity index (χ0v) is 11.6. The van der Waals surface area contributed by atoms with Crippen molar-refractivity contribution in [3.05, 3.63) is 0 Å². The molecule has 2 unspecified atom stereocenters. The number of likely N-dealkylation sites (N-methyl/N-ethyl adjacent to an activating group) is 1. The fourth-order valence-corrected chi connectivity index (χ4v) is 3.56. The van der Waals surface area contributed by atoms with Crippen molar-refractivity contribution in [2.75, 3.05) is 20.6 Å². The average molecular weight is 254 g/mol. The topological polar surface area (TPSA) is 52.6 Å². The maximum Gasteiger partial charge on any atom is 0.324 e. The summed E-state index contributed by atoms with van der Waals surface area (Å²) in [5, 5.41) is 12.6. The van der Waals surface area contributed by atoms with E-state index >= 15 is 0 Å². The predicted octanol–water partition coefficient (Wildman–Crippen LogP) is 1.70. The summed E-state index contributed by atoms with van der Waals surface area (Å²) in [7, 11) is 3.97. The van der Waals surface area contributed by atoms with Crippen molar-refractivity contribution in [1.29, 1.82) is 0 Å². The Bertz CT molecular complexity index is 304. The van der Waals surface area contributed by atoms with Gasteiger partial charge in [-0.15, -0.1) is 0 Å². The molecule has 104 valence electrons. The Kier molecular flexibility index (Phi) is 4.28. The van der Waals surface area contributed by atoms with E-state index in [1.165, 1.54) is 19.3 Å². The Labute approximate surface area is 110 Å². The minimum Gasteiger partial charge on any atom is -0.480 e. The number of carboxylic acids is 1. The number of hydrogen-bond donors (Lipinski definition) is 2. The summed E-state index contributed by atoms with van der Waals surface area (Å²) in [5.74, 6) is -0.388. The number of nitrogens with zero attached hydrogens (tertiary/aromatic N) is 1. The molecule has 2 aliphatic carbocycles. The number of carbonyl (C=O) groups is 1. The highest BCUT2D eigenvalue weighted by molar-refractivity contribution is 5.79. The van der Waals surface area contributed by atoms with Crippen LogP contribution in [0.15, 0.2) is 0 Å². The molecule has 0 saturated heterocycles. The van der Waals surface area contributed by atoms with Gasteiger partial charge in [-0.1, -0.05) is 12.8 Å². The fraction of sp³-hybridized carbons (Fsp3) is 0.929. The van der Waals surface area contributed by atoms with Crippen LogP contribution in [-0.2, 0) is 4.79 Å². The molecule has 2 atom stereocenters. The molecule has 4 nitrogen and oxygen atoms in total. The third-order valence-corrected chi connectivity index (χ3v) is 5.18. The molecular weight excluding hydrogens is 228 g/mol. The third kappa shape index (κ3) is 2.41. The first-order valence-corrected chi connectivity index (χ1v) is 7.22. The van der Waals surface area contributed by atoms with Gasteiger partial charge >= 0.3 is 5.97 Å². The zero-order valence-electron chi connectivity index (χ0n) is 11.6. The largest absolute Gasteiger partial charge is 0.480 e. The first-order valence-electron chi connectivity index (χ1n) is 7.22. The standard InChI is InChI=1S/C14H26N2O2/c1-15-14(13(17)18)9-4-5-11(14)8-10-16(2)12-6-3-7-12/h11-12,15H,3-10H2,1-2H3,(H,17,18). The fourth-order valence-electron chi connectivity index (χ4n) is 3.56. The minimum absolute atomic E-state index is 0.280. The molecule has 4 heteroatoms. The summed E-state index contributed by atoms with van der Waals surface area (Å²) < 4.78 is 0. The van der Waals surface area contributed by atoms with Crippen LogP contribution in [0.4, 0.5) is 0 Å². The van der Waals surface area contributed by atoms with Crippen LogP contribution in [0.1, 0.15) is 44.9 Å². The summed E-state index contributed by atoms with van der Waals surface area (Å²) in [4.78, 5) is 14.0. The van der Waals surface area contributed by atoms with Crippen molar-refractivity contribution < 1.29 is 9.90 Å². The van der Waals surface area contributed by atoms with E-state index in [0.717, 1.165) is 38.3 Å². The van der Waals surface area contributed by atoms with Crippen molar-refractivity contribution in [1.82, 2.24) is 10.2 Å². The molecule has 18 heavy (non-hydrogen) atoms. The van der Waals surface area contributed by atoms with Crippen LogP contribution in [0, 0.1) is 5.92 Å². The molecule has 0 amide bonds. The number of aliphatic carboxylic acids is 1. The average Bonchev–Trinajstić information content (AvgIpc) is 2.67. The lowest BCUT2D eigenvalue weighted by Gasteiger charge is -2.37. The molecule has 0 radical (unpaired) electrons. The Morgan fingerprint density at radius 3 is 2.61 bits per heavy atom. The lowest BCUT2D eigenvalue weighted by atomic mass is 9.84. The van der Waals surface area contributed by atoms with Gasteiger partial charge in [-0.05, 0) is 58.7 Å². The zero-order chi connectivity index (χ0) is 13.2. The summed E-state index contributed by atoms with van der Waals surface area (Å²) >= 11 is 0. The SMILES string of the molecule is CNC1(C(=O)O)CCCC1CCN(C)C1CCC1. The molecule has 2 aliphatic rings. The summed E-state index contributed by atoms with van der Waals surface area (Å²) in [6, 6.07) is 0.750. The Morgan fingerprint density at radius 1 is 1.39 bits per heavy atom. The highest BCUT2D eigenvalue weighted by Crippen LogP contribution is 2.38. The molecule has 0 heterocycles. The van der Waals surface area contributed by atoms with Crippen molar-refractivity contribution in [3.8, 4) is 0 Å². The first kappa shape index (κ1) is 13.8. The Morgan fingerprint density at radius 2 is 2.11 bits per heavy atom. The van der Waals surface area contributed by atoms with Crippen LogP contribution in [-0.4, -0.2) is 48.2 Å². The van der Waals surface area contributed by atoms with E-state index in [-0.39, 0.29) is 5.92 Å². The van der Waals surface area contributed by atoms with Gasteiger partial charge in [-0.25, -0.2) is 0 Å². The highest BCUT2D eigenvalue weighted by Gasteiger charge is 2.47. The van der Waals surface area contributed by atoms with Crippen molar-refractivity contribution >= 4 is 5.97 Å². The van der Waals surface area contributed by atoms with Gasteiger partial charge in [0.05, 0.1) is 0 Å².